The predicted octanol–water partition coefficient (Wildman–Crippen LogP) is 3.00. The van der Waals surface area contributed by atoms with Gasteiger partial charge in [0.25, 0.3) is 0 Å². The molecule has 0 radical (unpaired) electrons. The van der Waals surface area contributed by atoms with E-state index in [1.807, 2.05) is 24.3 Å². The summed E-state index contributed by atoms with van der Waals surface area (Å²) in [5.74, 6) is 6.15. The van der Waals surface area contributed by atoms with E-state index in [1.54, 1.807) is 30.6 Å². The Labute approximate surface area is 148 Å². The first-order valence-corrected chi connectivity index (χ1v) is 8.41. The molecular formula is C17H16IN3O2. The van der Waals surface area contributed by atoms with E-state index < -0.39 is 0 Å². The Bertz CT molecular complexity index is 632. The Morgan fingerprint density at radius 2 is 1.39 bits per heavy atom. The standard InChI is InChI=1S/C17H16IN3O2/c18-11-20-12-21(19)17(15-5-1-13(9-22)2-6-15)16-7-3-14(10-23)4-8-16/h1-10,12,17H,11,19H2/b20-12-. The third-order valence-electron chi connectivity index (χ3n) is 3.36. The highest BCUT2D eigenvalue weighted by atomic mass is 127. The Hall–Kier alpha value is -2.06. The van der Waals surface area contributed by atoms with Crippen LogP contribution in [-0.2, 0) is 0 Å². The summed E-state index contributed by atoms with van der Waals surface area (Å²) in [5, 5.41) is 1.52. The van der Waals surface area contributed by atoms with Gasteiger partial charge in [0.15, 0.2) is 0 Å². The van der Waals surface area contributed by atoms with Crippen molar-refractivity contribution < 1.29 is 9.59 Å². The average molecular weight is 421 g/mol. The van der Waals surface area contributed by atoms with E-state index in [1.165, 1.54) is 5.01 Å². The smallest absolute Gasteiger partial charge is 0.150 e. The molecule has 0 amide bonds. The van der Waals surface area contributed by atoms with Crippen LogP contribution < -0.4 is 5.84 Å². The first-order valence-electron chi connectivity index (χ1n) is 6.89. The van der Waals surface area contributed by atoms with Gasteiger partial charge in [-0.05, 0) is 11.1 Å². The summed E-state index contributed by atoms with van der Waals surface area (Å²) in [5.41, 5.74) is 3.07. The highest BCUT2D eigenvalue weighted by molar-refractivity contribution is 14.1. The van der Waals surface area contributed by atoms with Crippen molar-refractivity contribution in [3.8, 4) is 0 Å². The zero-order valence-electron chi connectivity index (χ0n) is 12.3. The van der Waals surface area contributed by atoms with Crippen LogP contribution in [0, 0.1) is 0 Å². The fourth-order valence-electron chi connectivity index (χ4n) is 2.24. The fraction of sp³-hybridized carbons (Fsp3) is 0.118. The van der Waals surface area contributed by atoms with E-state index in [2.05, 4.69) is 27.6 Å². The Morgan fingerprint density at radius 3 is 1.74 bits per heavy atom. The van der Waals surface area contributed by atoms with Crippen molar-refractivity contribution in [2.24, 2.45) is 10.8 Å². The van der Waals surface area contributed by atoms with Gasteiger partial charge >= 0.3 is 0 Å². The van der Waals surface area contributed by atoms with E-state index >= 15 is 0 Å². The number of nitrogens with two attached hydrogens (primary N) is 1. The third-order valence-corrected chi connectivity index (χ3v) is 3.75. The second kappa shape index (κ2) is 8.54. The monoisotopic (exact) mass is 421 g/mol. The lowest BCUT2D eigenvalue weighted by Gasteiger charge is -2.26. The van der Waals surface area contributed by atoms with Crippen LogP contribution in [0.25, 0.3) is 0 Å². The van der Waals surface area contributed by atoms with E-state index in [0.29, 0.717) is 15.7 Å². The van der Waals surface area contributed by atoms with E-state index in [9.17, 15) is 9.59 Å². The van der Waals surface area contributed by atoms with Crippen molar-refractivity contribution in [1.82, 2.24) is 5.01 Å². The zero-order chi connectivity index (χ0) is 16.7. The molecule has 0 saturated heterocycles. The SMILES string of the molecule is NN(/C=N\CI)C(c1ccc(C=O)cc1)c1ccc(C=O)cc1. The number of aldehydes is 2. The van der Waals surface area contributed by atoms with Gasteiger partial charge < -0.3 is 0 Å². The summed E-state index contributed by atoms with van der Waals surface area (Å²) < 4.78 is 0.604. The predicted molar refractivity (Wildman–Crippen MR) is 98.9 cm³/mol. The molecule has 6 heteroatoms. The normalized spacial score (nSPS) is 10.9. The molecule has 2 aromatic carbocycles. The van der Waals surface area contributed by atoms with Gasteiger partial charge in [0.05, 0.1) is 10.6 Å². The van der Waals surface area contributed by atoms with Crippen LogP contribution in [0.5, 0.6) is 0 Å². The third kappa shape index (κ3) is 4.46. The molecule has 2 N–H and O–H groups in total. The molecule has 118 valence electrons. The van der Waals surface area contributed by atoms with Crippen molar-refractivity contribution in [2.75, 3.05) is 4.55 Å². The number of carbonyl (C=O) groups is 2. The highest BCUT2D eigenvalue weighted by Gasteiger charge is 2.18. The van der Waals surface area contributed by atoms with Crippen molar-refractivity contribution in [2.45, 2.75) is 6.04 Å². The van der Waals surface area contributed by atoms with E-state index in [4.69, 9.17) is 5.84 Å². The van der Waals surface area contributed by atoms with Crippen LogP contribution >= 0.6 is 22.6 Å². The van der Waals surface area contributed by atoms with E-state index in [0.717, 1.165) is 23.7 Å². The Balaban J connectivity index is 2.42. The molecule has 0 aliphatic carbocycles. The number of nitrogens with zero attached hydrogens (tertiary/aromatic N) is 2. The molecule has 5 nitrogen and oxygen atoms in total. The first-order chi connectivity index (χ1) is 11.2. The van der Waals surface area contributed by atoms with Crippen LogP contribution in [0.4, 0.5) is 0 Å². The number of hydrazine groups is 1. The molecule has 0 spiro atoms. The van der Waals surface area contributed by atoms with Crippen LogP contribution in [-0.4, -0.2) is 28.5 Å². The quantitative estimate of drug-likeness (QED) is 0.109. The number of rotatable bonds is 7. The summed E-state index contributed by atoms with van der Waals surface area (Å²) in [6.45, 7) is 0. The maximum atomic E-state index is 10.8. The summed E-state index contributed by atoms with van der Waals surface area (Å²) in [6, 6.07) is 14.2. The molecule has 0 saturated carbocycles. The summed E-state index contributed by atoms with van der Waals surface area (Å²) in [6.07, 6.45) is 3.18. The molecule has 2 rings (SSSR count). The number of hydrogen-bond acceptors (Lipinski definition) is 4. The van der Waals surface area contributed by atoms with Crippen molar-refractivity contribution >= 4 is 41.5 Å². The fourth-order valence-corrected chi connectivity index (χ4v) is 2.42. The Morgan fingerprint density at radius 1 is 0.957 bits per heavy atom. The topological polar surface area (TPSA) is 75.8 Å². The van der Waals surface area contributed by atoms with Crippen LogP contribution in [0.1, 0.15) is 37.9 Å². The minimum Gasteiger partial charge on any atom is -0.298 e. The van der Waals surface area contributed by atoms with Gasteiger partial charge in [-0.2, -0.15) is 0 Å². The van der Waals surface area contributed by atoms with Gasteiger partial charge in [0.2, 0.25) is 0 Å². The highest BCUT2D eigenvalue weighted by Crippen LogP contribution is 2.26. The number of alkyl halides is 1. The largest absolute Gasteiger partial charge is 0.298 e. The summed E-state index contributed by atoms with van der Waals surface area (Å²) in [7, 11) is 0. The lowest BCUT2D eigenvalue weighted by Crippen LogP contribution is -2.34. The van der Waals surface area contributed by atoms with Gasteiger partial charge in [-0.15, -0.1) is 0 Å². The lowest BCUT2D eigenvalue weighted by molar-refractivity contribution is 0.111. The van der Waals surface area contributed by atoms with Gasteiger partial charge in [-0.1, -0.05) is 71.1 Å². The maximum absolute atomic E-state index is 10.8. The minimum atomic E-state index is -0.261. The number of hydrogen-bond donors (Lipinski definition) is 1. The second-order valence-corrected chi connectivity index (χ2v) is 5.52. The molecular weight excluding hydrogens is 405 g/mol. The number of aliphatic imine (C=N–C) groups is 1. The molecule has 2 aromatic rings. The molecule has 0 atom stereocenters. The average Bonchev–Trinajstić information content (AvgIpc) is 2.61. The molecule has 0 aliphatic rings. The summed E-state index contributed by atoms with van der Waals surface area (Å²) >= 11 is 2.13. The molecule has 23 heavy (non-hydrogen) atoms. The van der Waals surface area contributed by atoms with Crippen molar-refractivity contribution in [1.29, 1.82) is 0 Å². The Kier molecular flexibility index (Phi) is 6.42. The lowest BCUT2D eigenvalue weighted by atomic mass is 9.96. The van der Waals surface area contributed by atoms with Gasteiger partial charge in [-0.3, -0.25) is 19.6 Å². The summed E-state index contributed by atoms with van der Waals surface area (Å²) in [4.78, 5) is 25.8. The number of halogens is 1. The van der Waals surface area contributed by atoms with Gasteiger partial charge in [-0.25, -0.2) is 5.84 Å². The van der Waals surface area contributed by atoms with Gasteiger partial charge in [0, 0.05) is 11.1 Å². The van der Waals surface area contributed by atoms with Crippen LogP contribution in [0.3, 0.4) is 0 Å². The van der Waals surface area contributed by atoms with Gasteiger partial charge in [0.1, 0.15) is 18.9 Å². The number of carbonyl (C=O) groups excluding carboxylic acids is 2. The van der Waals surface area contributed by atoms with Crippen molar-refractivity contribution in [3.63, 3.8) is 0 Å². The second-order valence-electron chi connectivity index (χ2n) is 4.84. The molecule has 0 heterocycles. The molecule has 0 aromatic heterocycles. The molecule has 0 bridgehead atoms. The first kappa shape index (κ1) is 17.3. The van der Waals surface area contributed by atoms with Crippen LogP contribution in [0.15, 0.2) is 53.5 Å². The van der Waals surface area contributed by atoms with E-state index in [-0.39, 0.29) is 6.04 Å². The zero-order valence-corrected chi connectivity index (χ0v) is 14.5. The maximum Gasteiger partial charge on any atom is 0.150 e. The molecule has 0 fully saturated rings. The molecule has 0 unspecified atom stereocenters. The molecule has 0 aliphatic heterocycles. The number of benzene rings is 2. The minimum absolute atomic E-state index is 0.261. The van der Waals surface area contributed by atoms with Crippen molar-refractivity contribution in [3.05, 3.63) is 70.8 Å². The van der Waals surface area contributed by atoms with Crippen LogP contribution in [0.2, 0.25) is 0 Å².